The van der Waals surface area contributed by atoms with Crippen LogP contribution in [0.4, 0.5) is 0 Å². The molecule has 2 nitrogen and oxygen atoms in total. The van der Waals surface area contributed by atoms with Crippen LogP contribution in [-0.2, 0) is 0 Å². The predicted octanol–water partition coefficient (Wildman–Crippen LogP) is 10.4. The van der Waals surface area contributed by atoms with Crippen LogP contribution in [0.25, 0.3) is 0 Å². The van der Waals surface area contributed by atoms with E-state index in [1.807, 2.05) is 6.08 Å². The van der Waals surface area contributed by atoms with Crippen LogP contribution >= 0.6 is 0 Å². The van der Waals surface area contributed by atoms with Gasteiger partial charge in [0.05, 0.1) is 12.2 Å². The van der Waals surface area contributed by atoms with E-state index in [9.17, 15) is 10.2 Å². The molecular weight excluding hydrogens is 512 g/mol. The van der Waals surface area contributed by atoms with Gasteiger partial charge in [-0.1, -0.05) is 152 Å². The van der Waals surface area contributed by atoms with Gasteiger partial charge >= 0.3 is 0 Å². The quantitative estimate of drug-likeness (QED) is 0.203. The van der Waals surface area contributed by atoms with E-state index >= 15 is 0 Å². The standard InChI is InChI=1S/C40H56O2/c1-29(17-13-19-31(3)21-23-37-33(5)25-35(41)27-39(37,7)8)15-11-12-16-30(2)18-14-20-32(4)22-24-38-34(6)26-36(42)28-40(38,9)10/h11-25,35-37,41-42H,26-28H2,1-10H3/b12-11+,17-13+,18-14+,23-21+,24-22+,29-15+,30-16+,31-19+,32-20+/t35-,36?,37?/m1/s1. The maximum atomic E-state index is 10.1. The summed E-state index contributed by atoms with van der Waals surface area (Å²) in [5, 5.41) is 20.2. The minimum absolute atomic E-state index is 0.00528. The normalized spacial score (nSPS) is 26.6. The second kappa shape index (κ2) is 16.1. The highest BCUT2D eigenvalue weighted by Gasteiger charge is 2.34. The average molecular weight is 569 g/mol. The second-order valence-corrected chi connectivity index (χ2v) is 13.7. The Bertz CT molecular complexity index is 1270. The van der Waals surface area contributed by atoms with Gasteiger partial charge in [-0.3, -0.25) is 0 Å². The molecule has 0 saturated heterocycles. The molecule has 0 radical (unpaired) electrons. The van der Waals surface area contributed by atoms with Crippen molar-refractivity contribution in [1.29, 1.82) is 0 Å². The third-order valence-corrected chi connectivity index (χ3v) is 8.33. The maximum Gasteiger partial charge on any atom is 0.0729 e. The first-order valence-electron chi connectivity index (χ1n) is 15.4. The molecule has 0 amide bonds. The number of aliphatic hydroxyl groups excluding tert-OH is 2. The molecule has 0 aromatic heterocycles. The van der Waals surface area contributed by atoms with Crippen molar-refractivity contribution in [1.82, 2.24) is 0 Å². The van der Waals surface area contributed by atoms with Gasteiger partial charge in [0.15, 0.2) is 0 Å². The summed E-state index contributed by atoms with van der Waals surface area (Å²) in [6.07, 6.45) is 33.8. The Balaban J connectivity index is 1.90. The summed E-state index contributed by atoms with van der Waals surface area (Å²) in [5.41, 5.74) is 8.73. The lowest BCUT2D eigenvalue weighted by Crippen LogP contribution is -2.32. The Morgan fingerprint density at radius 1 is 0.714 bits per heavy atom. The minimum atomic E-state index is -0.331. The molecule has 0 aromatic rings. The van der Waals surface area contributed by atoms with Crippen molar-refractivity contribution in [3.8, 4) is 0 Å². The van der Waals surface area contributed by atoms with Gasteiger partial charge in [-0.15, -0.1) is 0 Å². The van der Waals surface area contributed by atoms with Gasteiger partial charge in [0.25, 0.3) is 0 Å². The zero-order valence-electron chi connectivity index (χ0n) is 27.9. The van der Waals surface area contributed by atoms with Gasteiger partial charge in [-0.05, 0) is 77.2 Å². The van der Waals surface area contributed by atoms with Crippen molar-refractivity contribution in [2.45, 2.75) is 101 Å². The highest BCUT2D eigenvalue weighted by atomic mass is 16.3. The van der Waals surface area contributed by atoms with E-state index in [1.165, 1.54) is 39.0 Å². The molecule has 2 aliphatic rings. The molecule has 0 aromatic carbocycles. The second-order valence-electron chi connectivity index (χ2n) is 13.7. The van der Waals surface area contributed by atoms with E-state index in [4.69, 9.17) is 0 Å². The molecule has 0 heterocycles. The summed E-state index contributed by atoms with van der Waals surface area (Å²) in [6.45, 7) is 21.6. The van der Waals surface area contributed by atoms with E-state index in [1.54, 1.807) is 0 Å². The molecule has 0 aliphatic heterocycles. The van der Waals surface area contributed by atoms with Crippen LogP contribution in [0.1, 0.15) is 88.5 Å². The average Bonchev–Trinajstić information content (AvgIpc) is 2.84. The summed E-state index contributed by atoms with van der Waals surface area (Å²) in [6, 6.07) is 0. The molecule has 0 spiro atoms. The molecular formula is C40H56O2. The van der Waals surface area contributed by atoms with E-state index in [0.717, 1.165) is 19.3 Å². The van der Waals surface area contributed by atoms with Crippen molar-refractivity contribution in [3.05, 3.63) is 130 Å². The van der Waals surface area contributed by atoms with Gasteiger partial charge in [0, 0.05) is 5.92 Å². The molecule has 0 saturated carbocycles. The van der Waals surface area contributed by atoms with Crippen molar-refractivity contribution < 1.29 is 10.2 Å². The number of allylic oxidation sites excluding steroid dienone is 20. The predicted molar refractivity (Wildman–Crippen MR) is 184 cm³/mol. The summed E-state index contributed by atoms with van der Waals surface area (Å²) in [4.78, 5) is 0. The molecule has 2 unspecified atom stereocenters. The lowest BCUT2D eigenvalue weighted by atomic mass is 9.67. The van der Waals surface area contributed by atoms with Crippen LogP contribution in [0, 0.1) is 16.7 Å². The number of hydrogen-bond donors (Lipinski definition) is 2. The van der Waals surface area contributed by atoms with Crippen LogP contribution in [0.5, 0.6) is 0 Å². The number of hydrogen-bond acceptors (Lipinski definition) is 2. The number of rotatable bonds is 10. The van der Waals surface area contributed by atoms with Crippen LogP contribution in [0.3, 0.4) is 0 Å². The summed E-state index contributed by atoms with van der Waals surface area (Å²) in [5.74, 6) is 0.348. The fraction of sp³-hybridized carbons (Fsp3) is 0.450. The molecule has 2 rings (SSSR count). The van der Waals surface area contributed by atoms with Gasteiger partial charge in [-0.2, -0.15) is 0 Å². The van der Waals surface area contributed by atoms with Crippen LogP contribution in [0.2, 0.25) is 0 Å². The first-order valence-corrected chi connectivity index (χ1v) is 15.4. The largest absolute Gasteiger partial charge is 0.393 e. The first-order chi connectivity index (χ1) is 19.6. The minimum Gasteiger partial charge on any atom is -0.393 e. The van der Waals surface area contributed by atoms with Gasteiger partial charge in [0.1, 0.15) is 0 Å². The van der Waals surface area contributed by atoms with E-state index in [-0.39, 0.29) is 23.0 Å². The smallest absolute Gasteiger partial charge is 0.0729 e. The molecule has 2 aliphatic carbocycles. The lowest BCUT2D eigenvalue weighted by Gasteiger charge is -2.38. The Morgan fingerprint density at radius 2 is 1.21 bits per heavy atom. The molecule has 42 heavy (non-hydrogen) atoms. The van der Waals surface area contributed by atoms with Crippen LogP contribution < -0.4 is 0 Å². The van der Waals surface area contributed by atoms with Crippen molar-refractivity contribution in [3.63, 3.8) is 0 Å². The summed E-state index contributed by atoms with van der Waals surface area (Å²) in [7, 11) is 0. The third kappa shape index (κ3) is 11.7. The Labute approximate surface area is 257 Å². The topological polar surface area (TPSA) is 40.5 Å². The molecule has 0 fully saturated rings. The fourth-order valence-corrected chi connectivity index (χ4v) is 6.14. The van der Waals surface area contributed by atoms with Crippen LogP contribution in [-0.4, -0.2) is 22.4 Å². The molecule has 228 valence electrons. The van der Waals surface area contributed by atoms with E-state index < -0.39 is 0 Å². The Kier molecular flexibility index (Phi) is 13.5. The molecule has 3 atom stereocenters. The monoisotopic (exact) mass is 568 g/mol. The zero-order chi connectivity index (χ0) is 31.5. The summed E-state index contributed by atoms with van der Waals surface area (Å²) < 4.78 is 0. The number of aliphatic hydroxyl groups is 2. The zero-order valence-corrected chi connectivity index (χ0v) is 27.9. The first kappa shape index (κ1) is 35.3. The van der Waals surface area contributed by atoms with Crippen molar-refractivity contribution in [2.75, 3.05) is 0 Å². The van der Waals surface area contributed by atoms with E-state index in [0.29, 0.717) is 5.92 Å². The maximum absolute atomic E-state index is 10.1. The highest BCUT2D eigenvalue weighted by molar-refractivity contribution is 5.38. The van der Waals surface area contributed by atoms with Crippen molar-refractivity contribution >= 4 is 0 Å². The Morgan fingerprint density at radius 3 is 1.74 bits per heavy atom. The third-order valence-electron chi connectivity index (χ3n) is 8.33. The van der Waals surface area contributed by atoms with Crippen molar-refractivity contribution in [2.24, 2.45) is 16.7 Å². The molecule has 2 N–H and O–H groups in total. The highest BCUT2D eigenvalue weighted by Crippen LogP contribution is 2.42. The molecule has 0 bridgehead atoms. The summed E-state index contributed by atoms with van der Waals surface area (Å²) >= 11 is 0. The van der Waals surface area contributed by atoms with Crippen LogP contribution in [0.15, 0.2) is 130 Å². The lowest BCUT2D eigenvalue weighted by molar-refractivity contribution is 0.116. The Hall–Kier alpha value is -2.94. The van der Waals surface area contributed by atoms with Gasteiger partial charge < -0.3 is 10.2 Å². The fourth-order valence-electron chi connectivity index (χ4n) is 6.14. The van der Waals surface area contributed by atoms with E-state index in [2.05, 4.69) is 154 Å². The molecule has 2 heteroatoms. The SMILES string of the molecule is CC1=C[C@@H](O)CC(C)(C)C1/C=C/C(C)=C/C=C/C(C)=C/C=C/C=C(C)/C=C/C=C(C)/C=C/C1=C(C)CC(O)CC1(C)C. The van der Waals surface area contributed by atoms with Gasteiger partial charge in [-0.25, -0.2) is 0 Å². The van der Waals surface area contributed by atoms with Gasteiger partial charge in [0.2, 0.25) is 0 Å².